The van der Waals surface area contributed by atoms with Crippen LogP contribution < -0.4 is 14.2 Å². The number of hydrogen-bond acceptors (Lipinski definition) is 5. The van der Waals surface area contributed by atoms with Crippen molar-refractivity contribution < 1.29 is 22.7 Å². The zero-order valence-electron chi connectivity index (χ0n) is 9.10. The molecule has 0 aliphatic carbocycles. The summed E-state index contributed by atoms with van der Waals surface area (Å²) in [5.74, 6) is 0.751. The minimum atomic E-state index is -3.37. The first-order valence-corrected chi connectivity index (χ1v) is 6.72. The predicted octanol–water partition coefficient (Wildman–Crippen LogP) is 0.147. The van der Waals surface area contributed by atoms with Crippen molar-refractivity contribution >= 4 is 15.8 Å². The van der Waals surface area contributed by atoms with E-state index in [-0.39, 0.29) is 19.1 Å². The Hall–Kier alpha value is -1.60. The monoisotopic (exact) mass is 257 g/mol. The number of hydrogen-bond donors (Lipinski definition) is 1. The van der Waals surface area contributed by atoms with Gasteiger partial charge in [-0.25, -0.2) is 13.1 Å². The van der Waals surface area contributed by atoms with Gasteiger partial charge in [-0.15, -0.1) is 0 Å². The Morgan fingerprint density at radius 3 is 2.76 bits per heavy atom. The molecule has 1 heterocycles. The lowest BCUT2D eigenvalue weighted by Gasteiger charge is -2.03. The first-order valence-electron chi connectivity index (χ1n) is 4.83. The van der Waals surface area contributed by atoms with E-state index in [0.717, 1.165) is 6.26 Å². The number of ketones is 1. The molecule has 0 atom stereocenters. The second kappa shape index (κ2) is 4.34. The van der Waals surface area contributed by atoms with Crippen LogP contribution in [0.1, 0.15) is 10.4 Å². The van der Waals surface area contributed by atoms with Crippen LogP contribution in [0.5, 0.6) is 11.5 Å². The highest BCUT2D eigenvalue weighted by Gasteiger charge is 2.16. The zero-order valence-corrected chi connectivity index (χ0v) is 9.91. The van der Waals surface area contributed by atoms with Crippen LogP contribution in [0.15, 0.2) is 18.2 Å². The van der Waals surface area contributed by atoms with Gasteiger partial charge in [0.25, 0.3) is 0 Å². The van der Waals surface area contributed by atoms with Crippen LogP contribution in [-0.4, -0.2) is 33.8 Å². The lowest BCUT2D eigenvalue weighted by atomic mass is 10.1. The molecular weight excluding hydrogens is 246 g/mol. The van der Waals surface area contributed by atoms with E-state index in [0.29, 0.717) is 17.1 Å². The van der Waals surface area contributed by atoms with E-state index in [1.54, 1.807) is 12.1 Å². The lowest BCUT2D eigenvalue weighted by Crippen LogP contribution is -2.28. The molecular formula is C10H11NO5S. The van der Waals surface area contributed by atoms with Gasteiger partial charge in [-0.1, -0.05) is 0 Å². The minimum absolute atomic E-state index is 0.133. The molecule has 7 heteroatoms. The molecule has 1 aromatic carbocycles. The van der Waals surface area contributed by atoms with Gasteiger partial charge in [-0.05, 0) is 18.2 Å². The van der Waals surface area contributed by atoms with Gasteiger partial charge < -0.3 is 9.47 Å². The van der Waals surface area contributed by atoms with Crippen molar-refractivity contribution in [2.75, 3.05) is 19.6 Å². The van der Waals surface area contributed by atoms with E-state index in [2.05, 4.69) is 4.72 Å². The molecule has 1 aliphatic heterocycles. The summed E-state index contributed by atoms with van der Waals surface area (Å²) in [6.07, 6.45) is 1.000. The molecule has 0 bridgehead atoms. The summed E-state index contributed by atoms with van der Waals surface area (Å²) in [4.78, 5) is 11.7. The maximum atomic E-state index is 11.7. The van der Waals surface area contributed by atoms with E-state index >= 15 is 0 Å². The number of ether oxygens (including phenoxy) is 2. The molecule has 0 amide bonds. The summed E-state index contributed by atoms with van der Waals surface area (Å²) >= 11 is 0. The SMILES string of the molecule is CS(=O)(=O)NCC(=O)c1ccc2c(c1)OCO2. The summed E-state index contributed by atoms with van der Waals surface area (Å²) in [6, 6.07) is 4.73. The van der Waals surface area contributed by atoms with Crippen molar-refractivity contribution in [3.63, 3.8) is 0 Å². The van der Waals surface area contributed by atoms with Gasteiger partial charge in [-0.2, -0.15) is 0 Å². The Morgan fingerprint density at radius 2 is 2.06 bits per heavy atom. The number of carbonyl (C=O) groups excluding carboxylic acids is 1. The van der Waals surface area contributed by atoms with Crippen LogP contribution in [0.25, 0.3) is 0 Å². The normalized spacial score (nSPS) is 13.7. The van der Waals surface area contributed by atoms with Gasteiger partial charge in [0, 0.05) is 5.56 Å². The number of rotatable bonds is 4. The van der Waals surface area contributed by atoms with Crippen molar-refractivity contribution in [3.8, 4) is 11.5 Å². The minimum Gasteiger partial charge on any atom is -0.454 e. The molecule has 17 heavy (non-hydrogen) atoms. The third kappa shape index (κ3) is 2.95. The highest BCUT2D eigenvalue weighted by Crippen LogP contribution is 2.32. The van der Waals surface area contributed by atoms with Gasteiger partial charge in [0.15, 0.2) is 17.3 Å². The van der Waals surface area contributed by atoms with Crippen LogP contribution >= 0.6 is 0 Å². The number of nitrogens with one attached hydrogen (secondary N) is 1. The van der Waals surface area contributed by atoms with E-state index in [4.69, 9.17) is 9.47 Å². The van der Waals surface area contributed by atoms with E-state index in [9.17, 15) is 13.2 Å². The number of fused-ring (bicyclic) bond motifs is 1. The van der Waals surface area contributed by atoms with Crippen LogP contribution in [-0.2, 0) is 10.0 Å². The van der Waals surface area contributed by atoms with Crippen LogP contribution in [0.2, 0.25) is 0 Å². The summed E-state index contributed by atoms with van der Waals surface area (Å²) in [7, 11) is -3.37. The van der Waals surface area contributed by atoms with E-state index in [1.807, 2.05) is 0 Å². The lowest BCUT2D eigenvalue weighted by molar-refractivity contribution is 0.0996. The van der Waals surface area contributed by atoms with Gasteiger partial charge in [0.05, 0.1) is 12.8 Å². The molecule has 92 valence electrons. The fourth-order valence-electron chi connectivity index (χ4n) is 1.37. The Kier molecular flexibility index (Phi) is 3.03. The number of benzene rings is 1. The first kappa shape index (κ1) is 11.9. The number of sulfonamides is 1. The highest BCUT2D eigenvalue weighted by molar-refractivity contribution is 7.88. The molecule has 1 aromatic rings. The Morgan fingerprint density at radius 1 is 1.35 bits per heavy atom. The summed E-state index contributed by atoms with van der Waals surface area (Å²) in [6.45, 7) is -0.132. The summed E-state index contributed by atoms with van der Waals surface area (Å²) in [5, 5.41) is 0. The van der Waals surface area contributed by atoms with Crippen LogP contribution in [0.4, 0.5) is 0 Å². The standard InChI is InChI=1S/C10H11NO5S/c1-17(13,14)11-5-8(12)7-2-3-9-10(4-7)16-6-15-9/h2-4,11H,5-6H2,1H3. The topological polar surface area (TPSA) is 81.7 Å². The summed E-state index contributed by atoms with van der Waals surface area (Å²) < 4.78 is 34.1. The summed E-state index contributed by atoms with van der Waals surface area (Å²) in [5.41, 5.74) is 0.380. The second-order valence-corrected chi connectivity index (χ2v) is 5.42. The van der Waals surface area contributed by atoms with E-state index < -0.39 is 10.0 Å². The van der Waals surface area contributed by atoms with Crippen molar-refractivity contribution in [1.29, 1.82) is 0 Å². The molecule has 6 nitrogen and oxygen atoms in total. The molecule has 0 fully saturated rings. The predicted molar refractivity (Wildman–Crippen MR) is 59.7 cm³/mol. The maximum Gasteiger partial charge on any atom is 0.231 e. The van der Waals surface area contributed by atoms with Gasteiger partial charge in [0.1, 0.15) is 0 Å². The molecule has 0 unspecified atom stereocenters. The van der Waals surface area contributed by atoms with E-state index in [1.165, 1.54) is 6.07 Å². The zero-order chi connectivity index (χ0) is 12.5. The highest BCUT2D eigenvalue weighted by atomic mass is 32.2. The largest absolute Gasteiger partial charge is 0.454 e. The molecule has 0 spiro atoms. The molecule has 0 saturated carbocycles. The number of Topliss-reactive ketones (excluding diaryl/α,β-unsaturated/α-hetero) is 1. The molecule has 0 radical (unpaired) electrons. The Balaban J connectivity index is 2.10. The number of carbonyl (C=O) groups is 1. The average molecular weight is 257 g/mol. The van der Waals surface area contributed by atoms with Crippen molar-refractivity contribution in [1.82, 2.24) is 4.72 Å². The van der Waals surface area contributed by atoms with Crippen LogP contribution in [0.3, 0.4) is 0 Å². The van der Waals surface area contributed by atoms with Crippen molar-refractivity contribution in [3.05, 3.63) is 23.8 Å². The smallest absolute Gasteiger partial charge is 0.231 e. The van der Waals surface area contributed by atoms with Crippen molar-refractivity contribution in [2.45, 2.75) is 0 Å². The molecule has 0 aromatic heterocycles. The average Bonchev–Trinajstić information content (AvgIpc) is 2.71. The maximum absolute atomic E-state index is 11.7. The van der Waals surface area contributed by atoms with Crippen LogP contribution in [0, 0.1) is 0 Å². The van der Waals surface area contributed by atoms with Crippen molar-refractivity contribution in [2.24, 2.45) is 0 Å². The first-order chi connectivity index (χ1) is 7.96. The molecule has 2 rings (SSSR count). The third-order valence-corrected chi connectivity index (χ3v) is 2.86. The van der Waals surface area contributed by atoms with Gasteiger partial charge in [-0.3, -0.25) is 4.79 Å². The fraction of sp³-hybridized carbons (Fsp3) is 0.300. The molecule has 1 N–H and O–H groups in total. The quantitative estimate of drug-likeness (QED) is 0.776. The fourth-order valence-corrected chi connectivity index (χ4v) is 1.76. The van der Waals surface area contributed by atoms with Gasteiger partial charge >= 0.3 is 0 Å². The molecule has 0 saturated heterocycles. The Bertz CT molecular complexity index is 552. The third-order valence-electron chi connectivity index (χ3n) is 2.19. The molecule has 1 aliphatic rings. The second-order valence-electron chi connectivity index (χ2n) is 3.58. The Labute approximate surface area is 98.6 Å². The van der Waals surface area contributed by atoms with Gasteiger partial charge in [0.2, 0.25) is 16.8 Å².